The summed E-state index contributed by atoms with van der Waals surface area (Å²) in [5, 5.41) is 11.4. The Morgan fingerprint density at radius 3 is 2.00 bits per heavy atom. The topological polar surface area (TPSA) is 58.6 Å². The van der Waals surface area contributed by atoms with Crippen molar-refractivity contribution in [1.82, 2.24) is 5.32 Å². The molecule has 4 nitrogen and oxygen atoms in total. The number of ether oxygens (including phenoxy) is 1. The van der Waals surface area contributed by atoms with Crippen molar-refractivity contribution in [1.29, 1.82) is 0 Å². The van der Waals surface area contributed by atoms with Crippen LogP contribution < -0.4 is 5.32 Å². The summed E-state index contributed by atoms with van der Waals surface area (Å²) < 4.78 is 4.70. The van der Waals surface area contributed by atoms with E-state index in [-0.39, 0.29) is 0 Å². The molecule has 2 N–H and O–H groups in total. The molecule has 14 heavy (non-hydrogen) atoms. The average Bonchev–Trinajstić information content (AvgIpc) is 2.57. The lowest BCUT2D eigenvalue weighted by Gasteiger charge is -2.18. The maximum atomic E-state index is 10.4. The minimum Gasteiger partial charge on any atom is -0.458 e. The monoisotopic (exact) mass is 203 g/mol. The van der Waals surface area contributed by atoms with Crippen LogP contribution in [0.25, 0.3) is 0 Å². The lowest BCUT2D eigenvalue weighted by molar-refractivity contribution is -0.158. The number of aliphatic hydroxyl groups excluding tert-OH is 1. The van der Waals surface area contributed by atoms with Crippen molar-refractivity contribution in [3.05, 3.63) is 0 Å². The zero-order chi connectivity index (χ0) is 11.0. The van der Waals surface area contributed by atoms with Crippen LogP contribution in [0, 0.1) is 0 Å². The molecule has 84 valence electrons. The zero-order valence-electron chi connectivity index (χ0n) is 9.30. The molecule has 1 aliphatic heterocycles. The lowest BCUT2D eigenvalue weighted by Crippen LogP contribution is -2.25. The summed E-state index contributed by atoms with van der Waals surface area (Å²) in [5.41, 5.74) is -0.486. The standard InChI is InChI=1S/C6H12O3.C4H9N/c1-6(2,3)9-5(8)4-7;1-2-4-5-3-1/h7H,4H2,1-3H3;5H,1-4H2. The molecule has 0 spiro atoms. The van der Waals surface area contributed by atoms with E-state index >= 15 is 0 Å². The Morgan fingerprint density at radius 2 is 1.86 bits per heavy atom. The van der Waals surface area contributed by atoms with Crippen LogP contribution in [-0.4, -0.2) is 36.4 Å². The Morgan fingerprint density at radius 1 is 1.36 bits per heavy atom. The summed E-state index contributed by atoms with van der Waals surface area (Å²) in [6.45, 7) is 7.21. The smallest absolute Gasteiger partial charge is 0.332 e. The Labute approximate surface area is 85.6 Å². The van der Waals surface area contributed by atoms with Crippen LogP contribution in [0.3, 0.4) is 0 Å². The Kier molecular flexibility index (Phi) is 6.49. The van der Waals surface area contributed by atoms with Crippen LogP contribution in [0.2, 0.25) is 0 Å². The van der Waals surface area contributed by atoms with Crippen molar-refractivity contribution in [3.8, 4) is 0 Å². The predicted octanol–water partition coefficient (Wildman–Crippen LogP) is 0.690. The number of aliphatic hydroxyl groups is 1. The number of rotatable bonds is 1. The lowest BCUT2D eigenvalue weighted by atomic mass is 10.2. The fourth-order valence-electron chi connectivity index (χ4n) is 0.999. The summed E-state index contributed by atoms with van der Waals surface area (Å²) >= 11 is 0. The van der Waals surface area contributed by atoms with Crippen molar-refractivity contribution in [3.63, 3.8) is 0 Å². The first-order valence-corrected chi connectivity index (χ1v) is 4.99. The van der Waals surface area contributed by atoms with E-state index in [1.165, 1.54) is 25.9 Å². The zero-order valence-corrected chi connectivity index (χ0v) is 9.30. The predicted molar refractivity (Wildman–Crippen MR) is 55.0 cm³/mol. The van der Waals surface area contributed by atoms with Gasteiger partial charge in [-0.15, -0.1) is 0 Å². The maximum Gasteiger partial charge on any atom is 0.332 e. The van der Waals surface area contributed by atoms with Gasteiger partial charge in [0.05, 0.1) is 0 Å². The molecule has 0 amide bonds. The van der Waals surface area contributed by atoms with Crippen LogP contribution >= 0.6 is 0 Å². The first-order chi connectivity index (χ1) is 6.45. The third-order valence-corrected chi connectivity index (χ3v) is 1.51. The van der Waals surface area contributed by atoms with Crippen LogP contribution in [0.5, 0.6) is 0 Å². The molecule has 0 unspecified atom stereocenters. The summed E-state index contributed by atoms with van der Waals surface area (Å²) in [6, 6.07) is 0. The minimum absolute atomic E-state index is 0.486. The highest BCUT2D eigenvalue weighted by Gasteiger charge is 2.14. The number of carbonyl (C=O) groups is 1. The Hall–Kier alpha value is -0.610. The van der Waals surface area contributed by atoms with Crippen molar-refractivity contribution in [2.45, 2.75) is 39.2 Å². The van der Waals surface area contributed by atoms with Gasteiger partial charge >= 0.3 is 5.97 Å². The van der Waals surface area contributed by atoms with E-state index in [2.05, 4.69) is 5.32 Å². The molecule has 0 atom stereocenters. The molecule has 0 radical (unpaired) electrons. The summed E-state index contributed by atoms with van der Waals surface area (Å²) in [6.07, 6.45) is 2.78. The molecular weight excluding hydrogens is 182 g/mol. The summed E-state index contributed by atoms with van der Waals surface area (Å²) in [5.74, 6) is -0.581. The molecule has 4 heteroatoms. The third-order valence-electron chi connectivity index (χ3n) is 1.51. The van der Waals surface area contributed by atoms with E-state index in [1.54, 1.807) is 20.8 Å². The van der Waals surface area contributed by atoms with E-state index in [0.717, 1.165) is 0 Å². The second-order valence-corrected chi connectivity index (χ2v) is 4.20. The van der Waals surface area contributed by atoms with Gasteiger partial charge in [0.25, 0.3) is 0 Å². The highest BCUT2D eigenvalue weighted by atomic mass is 16.6. The molecule has 1 fully saturated rings. The summed E-state index contributed by atoms with van der Waals surface area (Å²) in [7, 11) is 0. The molecule has 1 saturated heterocycles. The van der Waals surface area contributed by atoms with E-state index in [9.17, 15) is 4.79 Å². The number of carbonyl (C=O) groups excluding carboxylic acids is 1. The van der Waals surface area contributed by atoms with Gasteiger partial charge in [0.1, 0.15) is 12.2 Å². The van der Waals surface area contributed by atoms with Crippen molar-refractivity contribution in [2.24, 2.45) is 0 Å². The van der Waals surface area contributed by atoms with Gasteiger partial charge in [-0.2, -0.15) is 0 Å². The fraction of sp³-hybridized carbons (Fsp3) is 0.900. The molecule has 0 aromatic carbocycles. The third kappa shape index (κ3) is 9.48. The SMILES string of the molecule is C1CCNC1.CC(C)(C)OC(=O)CO. The molecule has 0 aromatic heterocycles. The van der Waals surface area contributed by atoms with Gasteiger partial charge in [0.15, 0.2) is 0 Å². The quantitative estimate of drug-likeness (QED) is 0.616. The minimum atomic E-state index is -0.581. The largest absolute Gasteiger partial charge is 0.458 e. The molecule has 1 rings (SSSR count). The van der Waals surface area contributed by atoms with E-state index < -0.39 is 18.2 Å². The van der Waals surface area contributed by atoms with Crippen molar-refractivity contribution in [2.75, 3.05) is 19.7 Å². The van der Waals surface area contributed by atoms with Crippen molar-refractivity contribution < 1.29 is 14.6 Å². The maximum absolute atomic E-state index is 10.4. The van der Waals surface area contributed by atoms with Crippen molar-refractivity contribution >= 4 is 5.97 Å². The molecule has 0 bridgehead atoms. The van der Waals surface area contributed by atoms with E-state index in [4.69, 9.17) is 9.84 Å². The van der Waals surface area contributed by atoms with Gasteiger partial charge in [-0.05, 0) is 46.7 Å². The number of esters is 1. The second kappa shape index (κ2) is 6.79. The van der Waals surface area contributed by atoms with Crippen LogP contribution in [0.15, 0.2) is 0 Å². The highest BCUT2D eigenvalue weighted by Crippen LogP contribution is 2.05. The van der Waals surface area contributed by atoms with Crippen LogP contribution in [-0.2, 0) is 9.53 Å². The summed E-state index contributed by atoms with van der Waals surface area (Å²) in [4.78, 5) is 10.4. The first-order valence-electron chi connectivity index (χ1n) is 4.99. The van der Waals surface area contributed by atoms with Gasteiger partial charge in [-0.25, -0.2) is 4.79 Å². The van der Waals surface area contributed by atoms with Crippen LogP contribution in [0.4, 0.5) is 0 Å². The average molecular weight is 203 g/mol. The fourth-order valence-corrected chi connectivity index (χ4v) is 0.999. The van der Waals surface area contributed by atoms with Gasteiger partial charge in [0, 0.05) is 0 Å². The Bertz CT molecular complexity index is 152. The number of hydrogen-bond donors (Lipinski definition) is 2. The molecule has 0 saturated carbocycles. The van der Waals surface area contributed by atoms with E-state index in [1.807, 2.05) is 0 Å². The first kappa shape index (κ1) is 13.4. The molecule has 0 aliphatic carbocycles. The van der Waals surface area contributed by atoms with Gasteiger partial charge < -0.3 is 15.2 Å². The molecular formula is C10H21NO3. The normalized spacial score (nSPS) is 15.7. The van der Waals surface area contributed by atoms with Gasteiger partial charge in [-0.3, -0.25) is 0 Å². The number of hydrogen-bond acceptors (Lipinski definition) is 4. The Balaban J connectivity index is 0.000000280. The molecule has 0 aromatic rings. The molecule has 1 heterocycles. The van der Waals surface area contributed by atoms with E-state index in [0.29, 0.717) is 0 Å². The van der Waals surface area contributed by atoms with Crippen LogP contribution in [0.1, 0.15) is 33.6 Å². The molecule has 1 aliphatic rings. The van der Waals surface area contributed by atoms with Gasteiger partial charge in [-0.1, -0.05) is 0 Å². The highest BCUT2D eigenvalue weighted by molar-refractivity contribution is 5.70. The van der Waals surface area contributed by atoms with Gasteiger partial charge in [0.2, 0.25) is 0 Å². The second-order valence-electron chi connectivity index (χ2n) is 4.20. The number of nitrogens with one attached hydrogen (secondary N) is 1.